The third-order valence-corrected chi connectivity index (χ3v) is 2.08. The van der Waals surface area contributed by atoms with Gasteiger partial charge in [-0.2, -0.15) is 0 Å². The van der Waals surface area contributed by atoms with E-state index < -0.39 is 0 Å². The highest BCUT2D eigenvalue weighted by Crippen LogP contribution is 2.19. The van der Waals surface area contributed by atoms with Crippen LogP contribution in [-0.4, -0.2) is 0 Å². The molecule has 1 rings (SSSR count). The van der Waals surface area contributed by atoms with Crippen molar-refractivity contribution in [1.82, 2.24) is 0 Å². The van der Waals surface area contributed by atoms with Crippen LogP contribution in [0.1, 0.15) is 26.3 Å². The first kappa shape index (κ1) is 10.8. The Morgan fingerprint density at radius 1 is 0.643 bits per heavy atom. The molecule has 0 aliphatic rings. The lowest BCUT2D eigenvalue weighted by Crippen LogP contribution is -2.09. The Kier molecular flexibility index (Phi) is 3.70. The van der Waals surface area contributed by atoms with Gasteiger partial charge in [-0.3, -0.25) is 0 Å². The Hall–Kier alpha value is -1.30. The van der Waals surface area contributed by atoms with Gasteiger partial charge in [-0.05, 0) is 11.0 Å². The summed E-state index contributed by atoms with van der Waals surface area (Å²) < 4.78 is 0. The molecule has 0 aliphatic carbocycles. The molecule has 0 aromatic heterocycles. The molecule has 0 N–H and O–H groups in total. The van der Waals surface area contributed by atoms with Gasteiger partial charge in [0.2, 0.25) is 0 Å². The molecular formula is C14H18. The zero-order chi connectivity index (χ0) is 10.4. The summed E-state index contributed by atoms with van der Waals surface area (Å²) in [5.41, 5.74) is 1.55. The normalized spacial score (nSPS) is 10.5. The zero-order valence-electron chi connectivity index (χ0n) is 9.20. The minimum Gasteiger partial charge on any atom is -0.0623 e. The number of rotatable bonds is 0. The van der Waals surface area contributed by atoms with Gasteiger partial charge >= 0.3 is 0 Å². The summed E-state index contributed by atoms with van der Waals surface area (Å²) in [5, 5.41) is 0. The third-order valence-electron chi connectivity index (χ3n) is 2.08. The molecule has 0 bridgehead atoms. The molecule has 1 aromatic carbocycles. The molecule has 1 aromatic rings. The van der Waals surface area contributed by atoms with Crippen LogP contribution < -0.4 is 0 Å². The van der Waals surface area contributed by atoms with Gasteiger partial charge in [0.05, 0.1) is 0 Å². The maximum absolute atomic E-state index is 2.22. The van der Waals surface area contributed by atoms with E-state index >= 15 is 0 Å². The predicted molar refractivity (Wildman–Crippen MR) is 62.8 cm³/mol. The standard InChI is InChI=1S/C14H18/c1-14(2,3)13-11-9-7-5-4-6-8-10-12-13/h4-12H,1-3H3. The van der Waals surface area contributed by atoms with E-state index in [1.807, 2.05) is 18.2 Å². The highest BCUT2D eigenvalue weighted by Gasteiger charge is 2.10. The fourth-order valence-electron chi connectivity index (χ4n) is 1.19. The quantitative estimate of drug-likeness (QED) is 0.572. The second kappa shape index (κ2) is 4.80. The lowest BCUT2D eigenvalue weighted by atomic mass is 9.88. The molecular weight excluding hydrogens is 168 g/mol. The second-order valence-electron chi connectivity index (χ2n) is 4.39. The Morgan fingerprint density at radius 2 is 1.00 bits per heavy atom. The molecule has 0 heterocycles. The van der Waals surface area contributed by atoms with Crippen LogP contribution in [0.3, 0.4) is 0 Å². The topological polar surface area (TPSA) is 0 Å². The van der Waals surface area contributed by atoms with E-state index in [2.05, 4.69) is 57.2 Å². The van der Waals surface area contributed by atoms with Crippen molar-refractivity contribution in [3.8, 4) is 0 Å². The van der Waals surface area contributed by atoms with E-state index in [0.29, 0.717) is 0 Å². The second-order valence-corrected chi connectivity index (χ2v) is 4.39. The van der Waals surface area contributed by atoms with Crippen LogP contribution in [0.5, 0.6) is 0 Å². The smallest absolute Gasteiger partial charge is 0.0132 e. The largest absolute Gasteiger partial charge is 0.0623 e. The molecule has 0 saturated heterocycles. The van der Waals surface area contributed by atoms with Crippen molar-refractivity contribution in [3.05, 3.63) is 60.2 Å². The number of hydrogen-bond donors (Lipinski definition) is 0. The van der Waals surface area contributed by atoms with E-state index in [1.54, 1.807) is 0 Å². The van der Waals surface area contributed by atoms with Crippen molar-refractivity contribution in [3.63, 3.8) is 0 Å². The molecule has 0 spiro atoms. The first-order chi connectivity index (χ1) is 6.61. The number of hydrogen-bond acceptors (Lipinski definition) is 0. The highest BCUT2D eigenvalue weighted by molar-refractivity contribution is 5.19. The van der Waals surface area contributed by atoms with Gasteiger partial charge in [-0.15, -0.1) is 0 Å². The molecule has 0 saturated carbocycles. The van der Waals surface area contributed by atoms with Gasteiger partial charge in [0, 0.05) is 0 Å². The first-order valence-electron chi connectivity index (χ1n) is 4.99. The Balaban J connectivity index is 3.21. The molecule has 0 radical (unpaired) electrons. The third kappa shape index (κ3) is 3.61. The summed E-state index contributed by atoms with van der Waals surface area (Å²) in [6.45, 7) is 6.67. The van der Waals surface area contributed by atoms with Crippen LogP contribution in [0.25, 0.3) is 0 Å². The van der Waals surface area contributed by atoms with E-state index in [-0.39, 0.29) is 5.41 Å². The van der Waals surface area contributed by atoms with Gasteiger partial charge in [-0.1, -0.05) is 75.4 Å². The predicted octanol–water partition coefficient (Wildman–Crippen LogP) is 4.11. The highest BCUT2D eigenvalue weighted by atomic mass is 14.1. The van der Waals surface area contributed by atoms with Crippen LogP contribution in [-0.2, 0) is 5.41 Å². The van der Waals surface area contributed by atoms with E-state index in [1.165, 1.54) is 5.56 Å². The average Bonchev–Trinajstić information content (AvgIpc) is 2.12. The van der Waals surface area contributed by atoms with Gasteiger partial charge in [-0.25, -0.2) is 0 Å². The Labute approximate surface area is 86.9 Å². The minimum absolute atomic E-state index is 0.206. The lowest BCUT2D eigenvalue weighted by molar-refractivity contribution is 0.591. The Morgan fingerprint density at radius 3 is 1.36 bits per heavy atom. The van der Waals surface area contributed by atoms with Gasteiger partial charge in [0.15, 0.2) is 0 Å². The zero-order valence-corrected chi connectivity index (χ0v) is 9.20. The molecule has 74 valence electrons. The molecule has 0 aliphatic heterocycles. The van der Waals surface area contributed by atoms with Crippen molar-refractivity contribution in [1.29, 1.82) is 0 Å². The summed E-state index contributed by atoms with van der Waals surface area (Å²) in [6, 6.07) is 18.7. The molecule has 0 unspecified atom stereocenters. The van der Waals surface area contributed by atoms with E-state index in [9.17, 15) is 0 Å². The minimum atomic E-state index is 0.206. The van der Waals surface area contributed by atoms with E-state index in [4.69, 9.17) is 0 Å². The van der Waals surface area contributed by atoms with Crippen molar-refractivity contribution in [2.75, 3.05) is 0 Å². The molecule has 0 atom stereocenters. The van der Waals surface area contributed by atoms with Crippen LogP contribution in [0.2, 0.25) is 0 Å². The summed E-state index contributed by atoms with van der Waals surface area (Å²) in [5.74, 6) is 0. The molecule has 0 heteroatoms. The maximum atomic E-state index is 2.22. The van der Waals surface area contributed by atoms with Gasteiger partial charge in [0.25, 0.3) is 0 Å². The van der Waals surface area contributed by atoms with E-state index in [0.717, 1.165) is 0 Å². The van der Waals surface area contributed by atoms with Crippen LogP contribution in [0.4, 0.5) is 0 Å². The first-order valence-corrected chi connectivity index (χ1v) is 4.99. The van der Waals surface area contributed by atoms with Crippen LogP contribution in [0, 0.1) is 0 Å². The summed E-state index contributed by atoms with van der Waals surface area (Å²) in [4.78, 5) is 0. The van der Waals surface area contributed by atoms with Gasteiger partial charge in [0.1, 0.15) is 0 Å². The van der Waals surface area contributed by atoms with Crippen molar-refractivity contribution < 1.29 is 0 Å². The summed E-state index contributed by atoms with van der Waals surface area (Å²) in [7, 11) is 0. The molecule has 0 amide bonds. The van der Waals surface area contributed by atoms with Crippen LogP contribution in [0.15, 0.2) is 54.6 Å². The lowest BCUT2D eigenvalue weighted by Gasteiger charge is -2.17. The van der Waals surface area contributed by atoms with Crippen LogP contribution >= 0.6 is 0 Å². The molecule has 14 heavy (non-hydrogen) atoms. The van der Waals surface area contributed by atoms with Gasteiger partial charge < -0.3 is 0 Å². The summed E-state index contributed by atoms with van der Waals surface area (Å²) >= 11 is 0. The summed E-state index contributed by atoms with van der Waals surface area (Å²) in [6.07, 6.45) is 0. The van der Waals surface area contributed by atoms with Crippen molar-refractivity contribution in [2.24, 2.45) is 0 Å². The fraction of sp³-hybridized carbons (Fsp3) is 0.286. The Bertz CT molecular complexity index is 305. The SMILES string of the molecule is CC(C)(C)c1ccccccccc1. The average molecular weight is 186 g/mol. The van der Waals surface area contributed by atoms with Crippen molar-refractivity contribution >= 4 is 0 Å². The molecule has 0 fully saturated rings. The van der Waals surface area contributed by atoms with Crippen molar-refractivity contribution in [2.45, 2.75) is 26.2 Å². The monoisotopic (exact) mass is 186 g/mol. The molecule has 0 nitrogen and oxygen atoms in total. The fourth-order valence-corrected chi connectivity index (χ4v) is 1.19. The maximum Gasteiger partial charge on any atom is -0.0132 e.